The van der Waals surface area contributed by atoms with Gasteiger partial charge in [-0.25, -0.2) is 0 Å². The highest BCUT2D eigenvalue weighted by molar-refractivity contribution is 4.94. The summed E-state index contributed by atoms with van der Waals surface area (Å²) < 4.78 is 0. The minimum Gasteiger partial charge on any atom is -0.0999 e. The van der Waals surface area contributed by atoms with Crippen LogP contribution in [0.15, 0.2) is 12.2 Å². The number of hydrogen-bond donors (Lipinski definition) is 0. The van der Waals surface area contributed by atoms with Gasteiger partial charge in [0.15, 0.2) is 0 Å². The van der Waals surface area contributed by atoms with Crippen molar-refractivity contribution in [3.63, 3.8) is 0 Å². The molecule has 83 heavy (non-hydrogen) atoms. The van der Waals surface area contributed by atoms with E-state index >= 15 is 0 Å². The first kappa shape index (κ1) is 84.8. The maximum absolute atomic E-state index is 4.25. The third-order valence-electron chi connectivity index (χ3n) is 20.7. The molecule has 3 atom stereocenters. The molecule has 0 nitrogen and oxygen atoms in total. The number of hydrogen-bond acceptors (Lipinski definition) is 0. The van der Waals surface area contributed by atoms with Crippen LogP contribution < -0.4 is 0 Å². The van der Waals surface area contributed by atoms with Crippen molar-refractivity contribution in [2.45, 2.75) is 505 Å². The Morgan fingerprint density at radius 1 is 0.229 bits per heavy atom. The molecule has 0 heterocycles. The topological polar surface area (TPSA) is 0 Å². The molecule has 0 rings (SSSR count). The van der Waals surface area contributed by atoms with Crippen molar-refractivity contribution in [3.05, 3.63) is 12.2 Å². The Balaban J connectivity index is 0. The van der Waals surface area contributed by atoms with Crippen molar-refractivity contribution in [2.24, 2.45) is 16.7 Å². The van der Waals surface area contributed by atoms with E-state index in [4.69, 9.17) is 0 Å². The Morgan fingerprint density at radius 2 is 0.422 bits per heavy atom. The average molecular weight is 1170 g/mol. The lowest BCUT2D eigenvalue weighted by molar-refractivity contribution is 0.0499. The highest BCUT2D eigenvalue weighted by atomic mass is 14.5. The lowest BCUT2D eigenvalue weighted by atomic mass is 9.59. The molecule has 0 spiro atoms. The summed E-state index contributed by atoms with van der Waals surface area (Å²) in [6, 6.07) is 0. The van der Waals surface area contributed by atoms with E-state index in [1.54, 1.807) is 25.7 Å². The quantitative estimate of drug-likeness (QED) is 0.0421. The zero-order valence-electron chi connectivity index (χ0n) is 60.6. The van der Waals surface area contributed by atoms with E-state index in [1.807, 2.05) is 0 Å². The van der Waals surface area contributed by atoms with Crippen LogP contribution >= 0.6 is 0 Å². The van der Waals surface area contributed by atoms with Crippen molar-refractivity contribution in [1.29, 1.82) is 0 Å². The summed E-state index contributed by atoms with van der Waals surface area (Å²) in [6.45, 7) is 25.7. The fourth-order valence-corrected chi connectivity index (χ4v) is 14.9. The van der Waals surface area contributed by atoms with Gasteiger partial charge >= 0.3 is 0 Å². The fraction of sp³-hybridized carbons (Fsp3) is 0.976. The zero-order valence-corrected chi connectivity index (χ0v) is 60.6. The van der Waals surface area contributed by atoms with Crippen LogP contribution in [0.2, 0.25) is 0 Å². The third kappa shape index (κ3) is 61.8. The van der Waals surface area contributed by atoms with Gasteiger partial charge in [0.2, 0.25) is 0 Å². The molecular weight excluding hydrogens is 997 g/mol. The molecule has 0 aliphatic carbocycles. The van der Waals surface area contributed by atoms with Crippen LogP contribution in [0.5, 0.6) is 0 Å². The molecule has 0 N–H and O–H groups in total. The first-order valence-corrected chi connectivity index (χ1v) is 40.5. The van der Waals surface area contributed by atoms with Crippen LogP contribution in [-0.4, -0.2) is 0 Å². The van der Waals surface area contributed by atoms with Crippen molar-refractivity contribution in [1.82, 2.24) is 0 Å². The first-order chi connectivity index (χ1) is 40.8. The lowest BCUT2D eigenvalue weighted by Crippen LogP contribution is -2.34. The predicted molar refractivity (Wildman–Crippen MR) is 387 cm³/mol. The molecule has 0 aromatic carbocycles. The normalized spacial score (nSPS) is 13.5. The molecule has 0 fully saturated rings. The van der Waals surface area contributed by atoms with Gasteiger partial charge in [0.05, 0.1) is 0 Å². The lowest BCUT2D eigenvalue weighted by Gasteiger charge is -2.46. The molecular formula is C83H168. The Bertz CT molecular complexity index is 1160. The van der Waals surface area contributed by atoms with Crippen LogP contribution in [0.3, 0.4) is 0 Å². The van der Waals surface area contributed by atoms with Crippen LogP contribution in [-0.2, 0) is 0 Å². The van der Waals surface area contributed by atoms with E-state index < -0.39 is 0 Å². The van der Waals surface area contributed by atoms with Gasteiger partial charge in [-0.2, -0.15) is 0 Å². The second-order valence-electron chi connectivity index (χ2n) is 29.1. The molecule has 0 aromatic heterocycles. The summed E-state index contributed by atoms with van der Waals surface area (Å²) in [5, 5.41) is 0. The van der Waals surface area contributed by atoms with E-state index in [-0.39, 0.29) is 0 Å². The summed E-state index contributed by atoms with van der Waals surface area (Å²) in [5.41, 5.74) is 2.64. The summed E-state index contributed by atoms with van der Waals surface area (Å²) in [4.78, 5) is 0. The maximum atomic E-state index is 4.25. The van der Waals surface area contributed by atoms with Crippen molar-refractivity contribution < 1.29 is 0 Å². The van der Waals surface area contributed by atoms with Crippen LogP contribution in [0.1, 0.15) is 505 Å². The summed E-state index contributed by atoms with van der Waals surface area (Å²) in [5.74, 6) is 0.964. The van der Waals surface area contributed by atoms with Gasteiger partial charge < -0.3 is 0 Å². The predicted octanol–water partition coefficient (Wildman–Crippen LogP) is 32.2. The second kappa shape index (κ2) is 70.8. The van der Waals surface area contributed by atoms with Gasteiger partial charge in [-0.1, -0.05) is 453 Å². The second-order valence-corrected chi connectivity index (χ2v) is 29.1. The molecule has 3 unspecified atom stereocenters. The Kier molecular flexibility index (Phi) is 72.4. The van der Waals surface area contributed by atoms with Crippen LogP contribution in [0.25, 0.3) is 0 Å². The fourth-order valence-electron chi connectivity index (χ4n) is 14.9. The summed E-state index contributed by atoms with van der Waals surface area (Å²) >= 11 is 0. The SMILES string of the molecule is C=C(CCCCCCCC)CCCCCCCCCC.CCCCCCCCCCC(CCCCCCCC)CC(CCCCCCCCC)(CCCCCCCCCC)CC(CC)(CCCCCCCCC)CCCCCCCCCC. The molecule has 0 bridgehead atoms. The minimum absolute atomic E-state index is 0.565. The van der Waals surface area contributed by atoms with Gasteiger partial charge in [0.1, 0.15) is 0 Å². The van der Waals surface area contributed by atoms with Crippen molar-refractivity contribution in [2.75, 3.05) is 0 Å². The van der Waals surface area contributed by atoms with Gasteiger partial charge in [-0.3, -0.25) is 0 Å². The molecule has 0 radical (unpaired) electrons. The van der Waals surface area contributed by atoms with Gasteiger partial charge in [-0.05, 0) is 81.0 Å². The smallest absolute Gasteiger partial charge is 0.0290 e. The molecule has 0 heteroatoms. The van der Waals surface area contributed by atoms with E-state index in [1.165, 1.54) is 423 Å². The molecule has 0 aliphatic rings. The van der Waals surface area contributed by atoms with E-state index in [2.05, 4.69) is 68.9 Å². The number of unbranched alkanes of at least 4 members (excludes halogenated alkanes) is 50. The molecule has 0 aliphatic heterocycles. The molecule has 500 valence electrons. The third-order valence-corrected chi connectivity index (χ3v) is 20.7. The minimum atomic E-state index is 0.565. The number of rotatable bonds is 71. The summed E-state index contributed by atoms with van der Waals surface area (Å²) in [6.07, 6.45) is 101. The Morgan fingerprint density at radius 3 is 0.651 bits per heavy atom. The van der Waals surface area contributed by atoms with Crippen molar-refractivity contribution >= 4 is 0 Å². The van der Waals surface area contributed by atoms with E-state index in [0.717, 1.165) is 5.92 Å². The van der Waals surface area contributed by atoms with Gasteiger partial charge in [0, 0.05) is 0 Å². The monoisotopic (exact) mass is 1170 g/mol. The van der Waals surface area contributed by atoms with Crippen LogP contribution in [0.4, 0.5) is 0 Å². The van der Waals surface area contributed by atoms with Crippen molar-refractivity contribution in [3.8, 4) is 0 Å². The Labute approximate surface area is 531 Å². The standard InChI is InChI=1S/C63H128.C20H40/c1-8-15-21-27-33-36-42-48-54-61(53-47-41-32-26-20-13-6)59-63(57-51-45-38-31-25-19-12-5,58-52-46-40-35-29-23-17-10-3)60-62(14-7,55-49-43-37-30-24-18-11-4)56-50-44-39-34-28-22-16-9-2;1-4-6-8-10-12-13-15-17-19-20(3)18-16-14-11-9-7-5-2/h61H,8-60H2,1-7H3;3-19H2,1-2H3. The first-order valence-electron chi connectivity index (χ1n) is 40.5. The van der Waals surface area contributed by atoms with Gasteiger partial charge in [-0.15, -0.1) is 0 Å². The molecule has 0 amide bonds. The maximum Gasteiger partial charge on any atom is -0.0290 e. The van der Waals surface area contributed by atoms with Crippen LogP contribution in [0, 0.1) is 16.7 Å². The highest BCUT2D eigenvalue weighted by Crippen LogP contribution is 2.53. The van der Waals surface area contributed by atoms with Gasteiger partial charge in [0.25, 0.3) is 0 Å². The highest BCUT2D eigenvalue weighted by Gasteiger charge is 2.40. The zero-order chi connectivity index (χ0) is 60.9. The summed E-state index contributed by atoms with van der Waals surface area (Å²) in [7, 11) is 0. The van der Waals surface area contributed by atoms with E-state index in [0.29, 0.717) is 10.8 Å². The molecule has 0 saturated heterocycles. The number of allylic oxidation sites excluding steroid dienone is 1. The molecule has 0 aromatic rings. The average Bonchev–Trinajstić information content (AvgIpc) is 3.69. The molecule has 0 saturated carbocycles. The largest absolute Gasteiger partial charge is 0.0999 e. The van der Waals surface area contributed by atoms with E-state index in [9.17, 15) is 0 Å². The Hall–Kier alpha value is -0.260.